The Hall–Kier alpha value is -2.52. The highest BCUT2D eigenvalue weighted by Crippen LogP contribution is 2.06. The Morgan fingerprint density at radius 1 is 1.15 bits per heavy atom. The summed E-state index contributed by atoms with van der Waals surface area (Å²) in [6.07, 6.45) is 0.153. The molecule has 0 aliphatic carbocycles. The Bertz CT molecular complexity index is 502. The zero-order chi connectivity index (χ0) is 20.2. The van der Waals surface area contributed by atoms with Crippen molar-refractivity contribution < 1.29 is 24.2 Å². The molecule has 2 amide bonds. The summed E-state index contributed by atoms with van der Waals surface area (Å²) in [5.41, 5.74) is -0.621. The van der Waals surface area contributed by atoms with E-state index in [0.29, 0.717) is 18.9 Å². The molecule has 0 bridgehead atoms. The van der Waals surface area contributed by atoms with Crippen molar-refractivity contribution in [2.24, 2.45) is 4.99 Å². The third-order valence-corrected chi connectivity index (χ3v) is 3.08. The van der Waals surface area contributed by atoms with Gasteiger partial charge in [0.2, 0.25) is 5.91 Å². The van der Waals surface area contributed by atoms with Crippen molar-refractivity contribution in [3.8, 4) is 0 Å². The fourth-order valence-corrected chi connectivity index (χ4v) is 1.91. The van der Waals surface area contributed by atoms with Crippen LogP contribution in [0.4, 0.5) is 4.79 Å². The number of guanidine groups is 1. The summed E-state index contributed by atoms with van der Waals surface area (Å²) >= 11 is 0. The Labute approximate surface area is 154 Å². The molecule has 5 N–H and O–H groups in total. The molecule has 0 aliphatic heterocycles. The van der Waals surface area contributed by atoms with Gasteiger partial charge in [0.1, 0.15) is 11.6 Å². The number of amides is 2. The lowest BCUT2D eigenvalue weighted by Gasteiger charge is -2.19. The number of hydrogen-bond donors (Lipinski definition) is 5. The van der Waals surface area contributed by atoms with Crippen molar-refractivity contribution in [2.45, 2.75) is 51.7 Å². The Balaban J connectivity index is 4.15. The van der Waals surface area contributed by atoms with Crippen molar-refractivity contribution in [1.29, 1.82) is 0 Å². The van der Waals surface area contributed by atoms with Crippen LogP contribution in [0.3, 0.4) is 0 Å². The van der Waals surface area contributed by atoms with E-state index in [1.165, 1.54) is 0 Å². The minimum atomic E-state index is -1.10. The summed E-state index contributed by atoms with van der Waals surface area (Å²) < 4.78 is 5.04. The van der Waals surface area contributed by atoms with Crippen LogP contribution in [0.2, 0.25) is 0 Å². The van der Waals surface area contributed by atoms with Gasteiger partial charge in [0, 0.05) is 33.6 Å². The first-order valence-corrected chi connectivity index (χ1v) is 8.46. The van der Waals surface area contributed by atoms with Crippen LogP contribution in [0.25, 0.3) is 0 Å². The summed E-state index contributed by atoms with van der Waals surface area (Å²) in [5.74, 6) is -0.946. The van der Waals surface area contributed by atoms with Crippen LogP contribution in [-0.2, 0) is 14.3 Å². The third kappa shape index (κ3) is 11.9. The highest BCUT2D eigenvalue weighted by Gasteiger charge is 2.20. The quantitative estimate of drug-likeness (QED) is 0.218. The summed E-state index contributed by atoms with van der Waals surface area (Å²) in [5, 5.41) is 20.0. The van der Waals surface area contributed by atoms with Crippen LogP contribution in [0, 0.1) is 0 Å². The number of aliphatic carboxylic acids is 1. The molecule has 0 aromatic carbocycles. The predicted molar refractivity (Wildman–Crippen MR) is 98.1 cm³/mol. The van der Waals surface area contributed by atoms with Gasteiger partial charge in [-0.05, 0) is 33.6 Å². The van der Waals surface area contributed by atoms with Crippen LogP contribution in [0.15, 0.2) is 4.99 Å². The molecule has 0 fully saturated rings. The zero-order valence-corrected chi connectivity index (χ0v) is 16.1. The minimum absolute atomic E-state index is 0.0341. The number of aliphatic imine (C=N–C) groups is 1. The van der Waals surface area contributed by atoms with Crippen LogP contribution in [0.5, 0.6) is 0 Å². The summed E-state index contributed by atoms with van der Waals surface area (Å²) in [6, 6.07) is -0.984. The standard InChI is InChI=1S/C16H31N5O5/c1-16(2,3)26-15(25)20-10-8-12(22)21-11(13(23)24)7-6-9-19-14(17-4)18-5/h11H,6-10H2,1-5H3,(H,20,25)(H,21,22)(H,23,24)(H2,17,18,19)/t11-/m0/s1. The predicted octanol–water partition coefficient (Wildman–Crippen LogP) is 0.0456. The monoisotopic (exact) mass is 373 g/mol. The molecular weight excluding hydrogens is 342 g/mol. The van der Waals surface area contributed by atoms with Gasteiger partial charge < -0.3 is 31.1 Å². The number of hydrogen-bond acceptors (Lipinski definition) is 5. The number of carboxylic acid groups (broad SMARTS) is 1. The molecule has 0 spiro atoms. The van der Waals surface area contributed by atoms with Crippen LogP contribution in [-0.4, -0.2) is 67.9 Å². The third-order valence-electron chi connectivity index (χ3n) is 3.08. The van der Waals surface area contributed by atoms with Gasteiger partial charge in [0.05, 0.1) is 0 Å². The van der Waals surface area contributed by atoms with E-state index < -0.39 is 29.6 Å². The number of rotatable bonds is 9. The summed E-state index contributed by atoms with van der Waals surface area (Å²) in [6.45, 7) is 5.78. The first-order valence-electron chi connectivity index (χ1n) is 8.46. The number of carboxylic acids is 1. The largest absolute Gasteiger partial charge is 0.480 e. The fourth-order valence-electron chi connectivity index (χ4n) is 1.91. The van der Waals surface area contributed by atoms with E-state index in [1.807, 2.05) is 0 Å². The molecule has 0 aliphatic rings. The molecule has 0 aromatic rings. The Morgan fingerprint density at radius 3 is 2.31 bits per heavy atom. The van der Waals surface area contributed by atoms with Crippen molar-refractivity contribution in [3.63, 3.8) is 0 Å². The van der Waals surface area contributed by atoms with Crippen molar-refractivity contribution >= 4 is 23.9 Å². The van der Waals surface area contributed by atoms with E-state index in [4.69, 9.17) is 4.74 Å². The number of ether oxygens (including phenoxy) is 1. The average molecular weight is 373 g/mol. The molecule has 0 aromatic heterocycles. The smallest absolute Gasteiger partial charge is 0.407 e. The highest BCUT2D eigenvalue weighted by molar-refractivity contribution is 5.83. The maximum atomic E-state index is 11.8. The number of nitrogens with one attached hydrogen (secondary N) is 4. The van der Waals surface area contributed by atoms with Gasteiger partial charge in [0.25, 0.3) is 0 Å². The van der Waals surface area contributed by atoms with E-state index in [1.54, 1.807) is 34.9 Å². The van der Waals surface area contributed by atoms with E-state index in [0.717, 1.165) is 0 Å². The first kappa shape index (κ1) is 23.5. The maximum absolute atomic E-state index is 11.8. The number of alkyl carbamates (subject to hydrolysis) is 1. The zero-order valence-electron chi connectivity index (χ0n) is 16.1. The molecule has 0 radical (unpaired) electrons. The number of carbonyl (C=O) groups is 3. The fraction of sp³-hybridized carbons (Fsp3) is 0.750. The Kier molecular flexibility index (Phi) is 10.8. The molecule has 10 nitrogen and oxygen atoms in total. The van der Waals surface area contributed by atoms with Gasteiger partial charge in [-0.2, -0.15) is 0 Å². The highest BCUT2D eigenvalue weighted by atomic mass is 16.6. The second-order valence-electron chi connectivity index (χ2n) is 6.53. The normalized spacial score (nSPS) is 12.7. The SMILES string of the molecule is C/N=C(\NC)NCCC[C@H](NC(=O)CCNC(=O)OC(C)(C)C)C(=O)O. The molecule has 0 saturated carbocycles. The van der Waals surface area contributed by atoms with E-state index in [2.05, 4.69) is 26.3 Å². The lowest BCUT2D eigenvalue weighted by molar-refractivity contribution is -0.142. The molecule has 0 unspecified atom stereocenters. The second kappa shape index (κ2) is 11.9. The van der Waals surface area contributed by atoms with Gasteiger partial charge >= 0.3 is 12.1 Å². The maximum Gasteiger partial charge on any atom is 0.407 e. The summed E-state index contributed by atoms with van der Waals surface area (Å²) in [4.78, 5) is 38.5. The molecule has 150 valence electrons. The van der Waals surface area contributed by atoms with Gasteiger partial charge in [-0.3, -0.25) is 9.79 Å². The first-order chi connectivity index (χ1) is 12.1. The topological polar surface area (TPSA) is 141 Å². The molecule has 0 rings (SSSR count). The molecule has 1 atom stereocenters. The average Bonchev–Trinajstić information content (AvgIpc) is 2.51. The number of nitrogens with zero attached hydrogens (tertiary/aromatic N) is 1. The Morgan fingerprint density at radius 2 is 1.81 bits per heavy atom. The van der Waals surface area contributed by atoms with E-state index >= 15 is 0 Å². The molecular formula is C16H31N5O5. The van der Waals surface area contributed by atoms with Crippen LogP contribution < -0.4 is 21.3 Å². The minimum Gasteiger partial charge on any atom is -0.480 e. The summed E-state index contributed by atoms with van der Waals surface area (Å²) in [7, 11) is 3.35. The van der Waals surface area contributed by atoms with Crippen molar-refractivity contribution in [2.75, 3.05) is 27.2 Å². The van der Waals surface area contributed by atoms with Gasteiger partial charge in [-0.25, -0.2) is 9.59 Å². The van der Waals surface area contributed by atoms with E-state index in [-0.39, 0.29) is 19.4 Å². The molecule has 0 saturated heterocycles. The number of carbonyl (C=O) groups excluding carboxylic acids is 2. The van der Waals surface area contributed by atoms with Crippen molar-refractivity contribution in [1.82, 2.24) is 21.3 Å². The van der Waals surface area contributed by atoms with Gasteiger partial charge in [-0.15, -0.1) is 0 Å². The van der Waals surface area contributed by atoms with E-state index in [9.17, 15) is 19.5 Å². The molecule has 0 heterocycles. The molecule has 10 heteroatoms. The second-order valence-corrected chi connectivity index (χ2v) is 6.53. The van der Waals surface area contributed by atoms with Crippen LogP contribution >= 0.6 is 0 Å². The van der Waals surface area contributed by atoms with Crippen molar-refractivity contribution in [3.05, 3.63) is 0 Å². The van der Waals surface area contributed by atoms with Gasteiger partial charge in [0.15, 0.2) is 5.96 Å². The van der Waals surface area contributed by atoms with Crippen LogP contribution in [0.1, 0.15) is 40.0 Å². The lowest BCUT2D eigenvalue weighted by Crippen LogP contribution is -2.43. The lowest BCUT2D eigenvalue weighted by atomic mass is 10.1. The van der Waals surface area contributed by atoms with Gasteiger partial charge in [-0.1, -0.05) is 0 Å². The molecule has 26 heavy (non-hydrogen) atoms.